The molecule has 1 aromatic carbocycles. The molecule has 6 heteroatoms. The van der Waals surface area contributed by atoms with Crippen LogP contribution in [-0.4, -0.2) is 11.0 Å². The van der Waals surface area contributed by atoms with Crippen molar-refractivity contribution in [2.45, 2.75) is 25.4 Å². The molecule has 0 amide bonds. The first kappa shape index (κ1) is 14.9. The smallest absolute Gasteiger partial charge is 0.219 e. The van der Waals surface area contributed by atoms with Crippen molar-refractivity contribution in [3.8, 4) is 11.6 Å². The van der Waals surface area contributed by atoms with Crippen molar-refractivity contribution in [3.63, 3.8) is 0 Å². The van der Waals surface area contributed by atoms with Gasteiger partial charge in [-0.05, 0) is 31.0 Å². The van der Waals surface area contributed by atoms with E-state index in [-0.39, 0.29) is 0 Å². The van der Waals surface area contributed by atoms with Gasteiger partial charge in [-0.3, -0.25) is 0 Å². The summed E-state index contributed by atoms with van der Waals surface area (Å²) in [4.78, 5) is 4.42. The number of nitrogens with one attached hydrogen (secondary N) is 1. The van der Waals surface area contributed by atoms with Gasteiger partial charge in [-0.2, -0.15) is 0 Å². The molecule has 0 unspecified atom stereocenters. The predicted octanol–water partition coefficient (Wildman–Crippen LogP) is 5.09. The van der Waals surface area contributed by atoms with Crippen molar-refractivity contribution in [2.24, 2.45) is 0 Å². The molecule has 1 N–H and O–H groups in total. The maximum Gasteiger partial charge on any atom is 0.219 e. The molecule has 3 nitrogen and oxygen atoms in total. The van der Waals surface area contributed by atoms with E-state index >= 15 is 0 Å². The topological polar surface area (TPSA) is 34.1 Å². The monoisotopic (exact) mass is 342 g/mol. The summed E-state index contributed by atoms with van der Waals surface area (Å²) in [6.07, 6.45) is 2.43. The quantitative estimate of drug-likeness (QED) is 0.821. The zero-order valence-electron chi connectivity index (χ0n) is 11.1. The highest BCUT2D eigenvalue weighted by atomic mass is 35.5. The van der Waals surface area contributed by atoms with Crippen molar-refractivity contribution in [3.05, 3.63) is 51.1 Å². The first-order valence-electron chi connectivity index (χ1n) is 6.63. The average Bonchev–Trinajstić information content (AvgIpc) is 3.27. The van der Waals surface area contributed by atoms with Crippen LogP contribution in [0.4, 0.5) is 0 Å². The lowest BCUT2D eigenvalue weighted by Gasteiger charge is -2.10. The van der Waals surface area contributed by atoms with E-state index in [1.807, 2.05) is 0 Å². The molecule has 0 spiro atoms. The Morgan fingerprint density at radius 1 is 1.10 bits per heavy atom. The zero-order valence-corrected chi connectivity index (χ0v) is 13.3. The number of ether oxygens (including phenoxy) is 1. The first-order chi connectivity index (χ1) is 10.1. The second kappa shape index (κ2) is 6.41. The molecular formula is C15H13Cl3N2O. The summed E-state index contributed by atoms with van der Waals surface area (Å²) >= 11 is 18.2. The Labute approximate surface area is 138 Å². The van der Waals surface area contributed by atoms with Gasteiger partial charge in [-0.25, -0.2) is 4.98 Å². The second-order valence-electron chi connectivity index (χ2n) is 4.91. The number of hydrogen-bond donors (Lipinski definition) is 1. The van der Waals surface area contributed by atoms with Gasteiger partial charge >= 0.3 is 0 Å². The Kier molecular flexibility index (Phi) is 4.55. The zero-order chi connectivity index (χ0) is 14.8. The lowest BCUT2D eigenvalue weighted by atomic mass is 10.3. The lowest BCUT2D eigenvalue weighted by Crippen LogP contribution is -2.16. The van der Waals surface area contributed by atoms with Gasteiger partial charge in [-0.1, -0.05) is 34.8 Å². The number of pyridine rings is 1. The van der Waals surface area contributed by atoms with Crippen LogP contribution >= 0.6 is 34.8 Å². The van der Waals surface area contributed by atoms with Crippen LogP contribution in [0, 0.1) is 0 Å². The highest BCUT2D eigenvalue weighted by Gasteiger charge is 2.21. The van der Waals surface area contributed by atoms with Gasteiger partial charge in [0.1, 0.15) is 5.75 Å². The van der Waals surface area contributed by atoms with E-state index < -0.39 is 0 Å². The van der Waals surface area contributed by atoms with E-state index in [4.69, 9.17) is 39.5 Å². The Morgan fingerprint density at radius 2 is 1.86 bits per heavy atom. The Bertz CT molecular complexity index is 659. The molecule has 110 valence electrons. The molecule has 0 saturated heterocycles. The van der Waals surface area contributed by atoms with E-state index in [9.17, 15) is 0 Å². The van der Waals surface area contributed by atoms with Crippen molar-refractivity contribution in [1.29, 1.82) is 0 Å². The van der Waals surface area contributed by atoms with Crippen LogP contribution in [0.15, 0.2) is 30.3 Å². The van der Waals surface area contributed by atoms with Crippen LogP contribution < -0.4 is 10.1 Å². The van der Waals surface area contributed by atoms with Crippen molar-refractivity contribution in [2.75, 3.05) is 0 Å². The maximum absolute atomic E-state index is 6.15. The van der Waals surface area contributed by atoms with Gasteiger partial charge in [-0.15, -0.1) is 0 Å². The lowest BCUT2D eigenvalue weighted by molar-refractivity contribution is 0.459. The van der Waals surface area contributed by atoms with E-state index in [0.29, 0.717) is 39.3 Å². The summed E-state index contributed by atoms with van der Waals surface area (Å²) in [5, 5.41) is 5.03. The third-order valence-corrected chi connectivity index (χ3v) is 4.03. The van der Waals surface area contributed by atoms with Crippen molar-refractivity contribution < 1.29 is 4.74 Å². The van der Waals surface area contributed by atoms with Crippen LogP contribution in [0.25, 0.3) is 0 Å². The molecule has 0 aliphatic heterocycles. The number of aromatic nitrogens is 1. The molecule has 1 aliphatic carbocycles. The molecular weight excluding hydrogens is 331 g/mol. The van der Waals surface area contributed by atoms with Crippen LogP contribution in [0.2, 0.25) is 15.1 Å². The summed E-state index contributed by atoms with van der Waals surface area (Å²) < 4.78 is 5.69. The van der Waals surface area contributed by atoms with E-state index in [0.717, 1.165) is 5.69 Å². The van der Waals surface area contributed by atoms with Crippen molar-refractivity contribution >= 4 is 34.8 Å². The molecule has 0 bridgehead atoms. The largest absolute Gasteiger partial charge is 0.437 e. The van der Waals surface area contributed by atoms with Gasteiger partial charge in [0.2, 0.25) is 5.88 Å². The average molecular weight is 344 g/mol. The van der Waals surface area contributed by atoms with Gasteiger partial charge in [0.05, 0.1) is 15.7 Å². The normalized spacial score (nSPS) is 14.2. The van der Waals surface area contributed by atoms with Crippen LogP contribution in [0.1, 0.15) is 18.5 Å². The molecule has 1 aliphatic rings. The molecule has 3 rings (SSSR count). The maximum atomic E-state index is 6.15. The van der Waals surface area contributed by atoms with Gasteiger partial charge in [0.15, 0.2) is 0 Å². The Balaban J connectivity index is 1.78. The van der Waals surface area contributed by atoms with Gasteiger partial charge in [0, 0.05) is 29.7 Å². The minimum absolute atomic E-state index is 0.441. The molecule has 1 aromatic heterocycles. The molecule has 0 atom stereocenters. The predicted molar refractivity (Wildman–Crippen MR) is 85.6 cm³/mol. The summed E-state index contributed by atoms with van der Waals surface area (Å²) in [5.74, 6) is 0.913. The van der Waals surface area contributed by atoms with E-state index in [1.165, 1.54) is 12.8 Å². The number of rotatable bonds is 5. The van der Waals surface area contributed by atoms with E-state index in [2.05, 4.69) is 10.3 Å². The summed E-state index contributed by atoms with van der Waals surface area (Å²) in [5.41, 5.74) is 0.763. The van der Waals surface area contributed by atoms with Crippen LogP contribution in [0.5, 0.6) is 11.6 Å². The fourth-order valence-corrected chi connectivity index (χ4v) is 2.33. The molecule has 1 saturated carbocycles. The summed E-state index contributed by atoms with van der Waals surface area (Å²) in [7, 11) is 0. The van der Waals surface area contributed by atoms with Crippen LogP contribution in [0.3, 0.4) is 0 Å². The standard InChI is InChI=1S/C15H13Cl3N2O/c16-9-1-4-12(18)14(7-9)21-15-6-5-11(17)13(20-15)8-19-10-2-3-10/h1,4-7,10,19H,2-3,8H2. The molecule has 1 heterocycles. The fraction of sp³-hybridized carbons (Fsp3) is 0.267. The number of halogens is 3. The van der Waals surface area contributed by atoms with Gasteiger partial charge in [0.25, 0.3) is 0 Å². The number of hydrogen-bond acceptors (Lipinski definition) is 3. The highest BCUT2D eigenvalue weighted by Crippen LogP contribution is 2.32. The number of benzene rings is 1. The fourth-order valence-electron chi connectivity index (χ4n) is 1.84. The Morgan fingerprint density at radius 3 is 2.62 bits per heavy atom. The minimum Gasteiger partial charge on any atom is -0.437 e. The van der Waals surface area contributed by atoms with E-state index in [1.54, 1.807) is 30.3 Å². The minimum atomic E-state index is 0.441. The molecule has 2 aromatic rings. The van der Waals surface area contributed by atoms with Crippen LogP contribution in [-0.2, 0) is 6.54 Å². The summed E-state index contributed by atoms with van der Waals surface area (Å²) in [6.45, 7) is 0.629. The first-order valence-corrected chi connectivity index (χ1v) is 7.77. The van der Waals surface area contributed by atoms with Gasteiger partial charge < -0.3 is 10.1 Å². The SMILES string of the molecule is Clc1ccc(Cl)c(Oc2ccc(Cl)c(CNC3CC3)n2)c1. The third-order valence-electron chi connectivity index (χ3n) is 3.14. The molecule has 1 fully saturated rings. The number of nitrogens with zero attached hydrogens (tertiary/aromatic N) is 1. The highest BCUT2D eigenvalue weighted by molar-refractivity contribution is 6.34. The summed E-state index contributed by atoms with van der Waals surface area (Å²) in [6, 6.07) is 9.12. The third kappa shape index (κ3) is 4.01. The Hall–Kier alpha value is -1.00. The second-order valence-corrected chi connectivity index (χ2v) is 6.16. The van der Waals surface area contributed by atoms with Crippen molar-refractivity contribution in [1.82, 2.24) is 10.3 Å². The molecule has 0 radical (unpaired) electrons. The molecule has 21 heavy (non-hydrogen) atoms.